The number of aromatic nitrogens is 2. The number of carbonyl (C=O) groups excluding carboxylic acids is 1. The van der Waals surface area contributed by atoms with Crippen LogP contribution in [0, 0.1) is 23.3 Å². The summed E-state index contributed by atoms with van der Waals surface area (Å²) in [7, 11) is 1.53. The van der Waals surface area contributed by atoms with Crippen molar-refractivity contribution < 1.29 is 27.1 Å². The van der Waals surface area contributed by atoms with E-state index in [0.717, 1.165) is 17.0 Å². The minimum absolute atomic E-state index is 0.0270. The standard InChI is InChI=1S/C21H19F4N5O2/c1-12(11-32-2)27-20-26-8-7-18(28-20)30(15-5-3-13(22)4-6-15)21(31)29-19-16(24)9-14(23)10-17(19)25/h3-10,12H,11H2,1-2H3,(H,29,31)(H,26,27,28). The molecule has 3 aromatic rings. The minimum Gasteiger partial charge on any atom is -0.383 e. The molecule has 2 aromatic carbocycles. The van der Waals surface area contributed by atoms with E-state index in [-0.39, 0.29) is 23.5 Å². The lowest BCUT2D eigenvalue weighted by Gasteiger charge is -2.23. The second-order valence-electron chi connectivity index (χ2n) is 6.73. The third-order valence-corrected chi connectivity index (χ3v) is 4.19. The molecule has 1 unspecified atom stereocenters. The van der Waals surface area contributed by atoms with Crippen molar-refractivity contribution in [2.75, 3.05) is 29.3 Å². The molecule has 0 radical (unpaired) electrons. The summed E-state index contributed by atoms with van der Waals surface area (Å²) in [6.45, 7) is 2.18. The van der Waals surface area contributed by atoms with E-state index in [9.17, 15) is 22.4 Å². The number of rotatable bonds is 7. The molecule has 1 aromatic heterocycles. The van der Waals surface area contributed by atoms with E-state index in [1.807, 2.05) is 6.92 Å². The van der Waals surface area contributed by atoms with Crippen molar-refractivity contribution in [2.45, 2.75) is 13.0 Å². The first kappa shape index (κ1) is 22.9. The van der Waals surface area contributed by atoms with E-state index in [2.05, 4.69) is 20.6 Å². The number of anilines is 4. The van der Waals surface area contributed by atoms with Crippen LogP contribution in [0.15, 0.2) is 48.7 Å². The number of carbonyl (C=O) groups is 1. The highest BCUT2D eigenvalue weighted by Gasteiger charge is 2.23. The Kier molecular flexibility index (Phi) is 7.21. The van der Waals surface area contributed by atoms with Crippen LogP contribution in [0.1, 0.15) is 6.92 Å². The van der Waals surface area contributed by atoms with Crippen molar-refractivity contribution >= 4 is 29.2 Å². The zero-order valence-electron chi connectivity index (χ0n) is 17.1. The largest absolute Gasteiger partial charge is 0.383 e. The Balaban J connectivity index is 1.98. The van der Waals surface area contributed by atoms with Gasteiger partial charge in [0.15, 0.2) is 11.6 Å². The first-order chi connectivity index (χ1) is 15.3. The fourth-order valence-electron chi connectivity index (χ4n) is 2.82. The van der Waals surface area contributed by atoms with E-state index < -0.39 is 35.0 Å². The molecule has 1 heterocycles. The van der Waals surface area contributed by atoms with Gasteiger partial charge < -0.3 is 15.4 Å². The van der Waals surface area contributed by atoms with Gasteiger partial charge in [-0.2, -0.15) is 4.98 Å². The smallest absolute Gasteiger partial charge is 0.332 e. The molecule has 0 aliphatic rings. The molecule has 11 heteroatoms. The summed E-state index contributed by atoms with van der Waals surface area (Å²) in [6.07, 6.45) is 1.37. The van der Waals surface area contributed by atoms with Gasteiger partial charge in [0.05, 0.1) is 12.3 Å². The van der Waals surface area contributed by atoms with Crippen LogP contribution in [0.3, 0.4) is 0 Å². The Morgan fingerprint density at radius 3 is 2.34 bits per heavy atom. The summed E-state index contributed by atoms with van der Waals surface area (Å²) in [5.41, 5.74) is -0.689. The Morgan fingerprint density at radius 2 is 1.72 bits per heavy atom. The van der Waals surface area contributed by atoms with Gasteiger partial charge in [-0.15, -0.1) is 0 Å². The third kappa shape index (κ3) is 5.49. The Bertz CT molecular complexity index is 1070. The predicted molar refractivity (Wildman–Crippen MR) is 111 cm³/mol. The monoisotopic (exact) mass is 449 g/mol. The molecule has 0 bridgehead atoms. The SMILES string of the molecule is COCC(C)Nc1nccc(N(C(=O)Nc2c(F)cc(F)cc2F)c2ccc(F)cc2)n1. The van der Waals surface area contributed by atoms with Crippen molar-refractivity contribution in [3.8, 4) is 0 Å². The highest BCUT2D eigenvalue weighted by atomic mass is 19.1. The fraction of sp³-hybridized carbons (Fsp3) is 0.190. The molecule has 32 heavy (non-hydrogen) atoms. The lowest BCUT2D eigenvalue weighted by atomic mass is 10.2. The lowest BCUT2D eigenvalue weighted by molar-refractivity contribution is 0.190. The Morgan fingerprint density at radius 1 is 1.06 bits per heavy atom. The number of hydrogen-bond acceptors (Lipinski definition) is 5. The highest BCUT2D eigenvalue weighted by molar-refractivity contribution is 6.06. The van der Waals surface area contributed by atoms with E-state index in [1.165, 1.54) is 31.5 Å². The van der Waals surface area contributed by atoms with Crippen LogP contribution >= 0.6 is 0 Å². The van der Waals surface area contributed by atoms with Gasteiger partial charge in [0.25, 0.3) is 0 Å². The summed E-state index contributed by atoms with van der Waals surface area (Å²) in [5.74, 6) is -4.10. The number of hydrogen-bond donors (Lipinski definition) is 2. The van der Waals surface area contributed by atoms with Crippen molar-refractivity contribution in [1.29, 1.82) is 0 Å². The number of benzene rings is 2. The molecular weight excluding hydrogens is 430 g/mol. The van der Waals surface area contributed by atoms with Crippen LogP contribution in [0.25, 0.3) is 0 Å². The molecule has 0 saturated heterocycles. The number of methoxy groups -OCH3 is 1. The van der Waals surface area contributed by atoms with Crippen molar-refractivity contribution in [3.05, 3.63) is 71.9 Å². The molecule has 2 amide bonds. The van der Waals surface area contributed by atoms with Gasteiger partial charge in [-0.1, -0.05) is 0 Å². The van der Waals surface area contributed by atoms with Gasteiger partial charge in [0, 0.05) is 37.5 Å². The summed E-state index contributed by atoms with van der Waals surface area (Å²) in [6, 6.07) is 5.86. The number of nitrogens with one attached hydrogen (secondary N) is 2. The number of halogens is 4. The quantitative estimate of drug-likeness (QED) is 0.504. The molecule has 0 aliphatic heterocycles. The molecule has 1 atom stereocenters. The van der Waals surface area contributed by atoms with Crippen molar-refractivity contribution in [2.24, 2.45) is 0 Å². The summed E-state index contributed by atoms with van der Waals surface area (Å²) in [5, 5.41) is 5.06. The molecule has 3 rings (SSSR count). The molecule has 0 saturated carbocycles. The third-order valence-electron chi connectivity index (χ3n) is 4.19. The molecular formula is C21H19F4N5O2. The Hall–Kier alpha value is -3.73. The van der Waals surface area contributed by atoms with Crippen LogP contribution < -0.4 is 15.5 Å². The first-order valence-electron chi connectivity index (χ1n) is 9.38. The van der Waals surface area contributed by atoms with E-state index in [0.29, 0.717) is 18.7 Å². The van der Waals surface area contributed by atoms with Crippen molar-refractivity contribution in [3.63, 3.8) is 0 Å². The van der Waals surface area contributed by atoms with Crippen molar-refractivity contribution in [1.82, 2.24) is 9.97 Å². The number of amides is 2. The normalized spacial score (nSPS) is 11.7. The van der Waals surface area contributed by atoms with Gasteiger partial charge in [-0.05, 0) is 31.2 Å². The van der Waals surface area contributed by atoms with Gasteiger partial charge in [0.1, 0.15) is 23.1 Å². The van der Waals surface area contributed by atoms with Crippen LogP contribution in [-0.2, 0) is 4.74 Å². The van der Waals surface area contributed by atoms with Gasteiger partial charge in [-0.3, -0.25) is 0 Å². The average Bonchev–Trinajstić information content (AvgIpc) is 2.73. The van der Waals surface area contributed by atoms with E-state index in [4.69, 9.17) is 4.74 Å². The predicted octanol–water partition coefficient (Wildman–Crippen LogP) is 4.85. The first-order valence-corrected chi connectivity index (χ1v) is 9.38. The van der Waals surface area contributed by atoms with E-state index >= 15 is 0 Å². The molecule has 0 spiro atoms. The maximum Gasteiger partial charge on any atom is 0.332 e. The maximum atomic E-state index is 14.1. The maximum absolute atomic E-state index is 14.1. The van der Waals surface area contributed by atoms with E-state index in [1.54, 1.807) is 0 Å². The topological polar surface area (TPSA) is 79.4 Å². The van der Waals surface area contributed by atoms with Crippen LogP contribution in [-0.4, -0.2) is 35.8 Å². The van der Waals surface area contributed by atoms with Crippen LogP contribution in [0.4, 0.5) is 45.5 Å². The molecule has 0 fully saturated rings. The summed E-state index contributed by atoms with van der Waals surface area (Å²) >= 11 is 0. The van der Waals surface area contributed by atoms with Gasteiger partial charge >= 0.3 is 6.03 Å². The van der Waals surface area contributed by atoms with Gasteiger partial charge in [-0.25, -0.2) is 32.2 Å². The Labute approximate surface area is 181 Å². The zero-order chi connectivity index (χ0) is 23.3. The van der Waals surface area contributed by atoms with Gasteiger partial charge in [0.2, 0.25) is 5.95 Å². The highest BCUT2D eigenvalue weighted by Crippen LogP contribution is 2.27. The second-order valence-corrected chi connectivity index (χ2v) is 6.73. The molecule has 0 aliphatic carbocycles. The minimum atomic E-state index is -1.30. The molecule has 168 valence electrons. The zero-order valence-corrected chi connectivity index (χ0v) is 17.1. The average molecular weight is 449 g/mol. The lowest BCUT2D eigenvalue weighted by Crippen LogP contribution is -2.32. The number of urea groups is 1. The second kappa shape index (κ2) is 10.1. The number of nitrogens with zero attached hydrogens (tertiary/aromatic N) is 3. The van der Waals surface area contributed by atoms with Crippen LogP contribution in [0.5, 0.6) is 0 Å². The summed E-state index contributed by atoms with van der Waals surface area (Å²) < 4.78 is 59.8. The van der Waals surface area contributed by atoms with Crippen LogP contribution in [0.2, 0.25) is 0 Å². The molecule has 7 nitrogen and oxygen atoms in total. The summed E-state index contributed by atoms with van der Waals surface area (Å²) in [4.78, 5) is 22.3. The number of ether oxygens (including phenoxy) is 1. The fourth-order valence-corrected chi connectivity index (χ4v) is 2.82. The molecule has 2 N–H and O–H groups in total.